The highest BCUT2D eigenvalue weighted by molar-refractivity contribution is 7.92. The average Bonchev–Trinajstić information content (AvgIpc) is 3.13. The number of carbonyl (C=O) groups excluding carboxylic acids is 1. The molecule has 0 spiro atoms. The van der Waals surface area contributed by atoms with E-state index < -0.39 is 15.9 Å². The molecule has 0 fully saturated rings. The van der Waals surface area contributed by atoms with Gasteiger partial charge in [0.15, 0.2) is 0 Å². The number of rotatable bonds is 5. The third kappa shape index (κ3) is 4.27. The summed E-state index contributed by atoms with van der Waals surface area (Å²) in [5.74, 6) is -0.402. The van der Waals surface area contributed by atoms with Gasteiger partial charge in [-0.2, -0.15) is 0 Å². The van der Waals surface area contributed by atoms with Crippen molar-refractivity contribution >= 4 is 61.8 Å². The zero-order valence-electron chi connectivity index (χ0n) is 14.0. The molecule has 140 valence electrons. The average molecular weight is 441 g/mol. The molecule has 0 aliphatic carbocycles. The first-order valence-corrected chi connectivity index (χ1v) is 10.8. The third-order valence-electron chi connectivity index (χ3n) is 3.76. The highest BCUT2D eigenvalue weighted by Crippen LogP contribution is 2.31. The number of nitrogens with one attached hydrogen (secondary N) is 1. The SMILES string of the molecule is CN(c1ccsc1C(=O)Nc1ccc(Cl)cc1)S(=O)(=O)c1ccc(Cl)cc1. The van der Waals surface area contributed by atoms with Crippen molar-refractivity contribution in [2.75, 3.05) is 16.7 Å². The Kier molecular flexibility index (Phi) is 5.76. The number of benzene rings is 2. The van der Waals surface area contributed by atoms with Crippen molar-refractivity contribution in [1.82, 2.24) is 0 Å². The van der Waals surface area contributed by atoms with Crippen LogP contribution in [0.5, 0.6) is 0 Å². The van der Waals surface area contributed by atoms with Gasteiger partial charge in [-0.25, -0.2) is 8.42 Å². The Balaban J connectivity index is 1.88. The summed E-state index contributed by atoms with van der Waals surface area (Å²) in [4.78, 5) is 13.0. The van der Waals surface area contributed by atoms with E-state index in [2.05, 4.69) is 5.32 Å². The van der Waals surface area contributed by atoms with Crippen molar-refractivity contribution < 1.29 is 13.2 Å². The van der Waals surface area contributed by atoms with Crippen molar-refractivity contribution in [3.63, 3.8) is 0 Å². The van der Waals surface area contributed by atoms with Gasteiger partial charge in [0.1, 0.15) is 4.88 Å². The van der Waals surface area contributed by atoms with Crippen LogP contribution in [0.2, 0.25) is 10.0 Å². The van der Waals surface area contributed by atoms with E-state index in [1.165, 1.54) is 31.3 Å². The molecule has 2 aromatic carbocycles. The van der Waals surface area contributed by atoms with E-state index >= 15 is 0 Å². The van der Waals surface area contributed by atoms with E-state index in [1.807, 2.05) is 0 Å². The second kappa shape index (κ2) is 7.90. The van der Waals surface area contributed by atoms with E-state index in [1.54, 1.807) is 35.7 Å². The minimum Gasteiger partial charge on any atom is -0.321 e. The minimum atomic E-state index is -3.83. The first-order chi connectivity index (χ1) is 12.8. The van der Waals surface area contributed by atoms with Crippen LogP contribution < -0.4 is 9.62 Å². The number of thiophene rings is 1. The van der Waals surface area contributed by atoms with Crippen molar-refractivity contribution in [3.8, 4) is 0 Å². The fourth-order valence-corrected chi connectivity index (χ4v) is 4.67. The minimum absolute atomic E-state index is 0.0876. The van der Waals surface area contributed by atoms with Crippen LogP contribution in [0.25, 0.3) is 0 Å². The summed E-state index contributed by atoms with van der Waals surface area (Å²) in [6.45, 7) is 0. The van der Waals surface area contributed by atoms with Gasteiger partial charge in [0.25, 0.3) is 15.9 Å². The third-order valence-corrected chi connectivity index (χ3v) is 6.96. The molecule has 1 N–H and O–H groups in total. The van der Waals surface area contributed by atoms with E-state index in [0.717, 1.165) is 15.6 Å². The largest absolute Gasteiger partial charge is 0.321 e. The number of nitrogens with zero attached hydrogens (tertiary/aromatic N) is 1. The van der Waals surface area contributed by atoms with Crippen LogP contribution in [-0.2, 0) is 10.0 Å². The standard InChI is InChI=1S/C18H14Cl2N2O3S2/c1-22(27(24,25)15-8-4-13(20)5-9-15)16-10-11-26-17(16)18(23)21-14-6-2-12(19)3-7-14/h2-11H,1H3,(H,21,23). The molecule has 1 heterocycles. The molecule has 0 saturated carbocycles. The summed E-state index contributed by atoms with van der Waals surface area (Å²) in [6.07, 6.45) is 0. The molecular weight excluding hydrogens is 427 g/mol. The van der Waals surface area contributed by atoms with Crippen LogP contribution in [0.1, 0.15) is 9.67 Å². The van der Waals surface area contributed by atoms with Gasteiger partial charge >= 0.3 is 0 Å². The zero-order chi connectivity index (χ0) is 19.6. The van der Waals surface area contributed by atoms with Crippen molar-refractivity contribution in [1.29, 1.82) is 0 Å². The fourth-order valence-electron chi connectivity index (χ4n) is 2.34. The lowest BCUT2D eigenvalue weighted by molar-refractivity contribution is 0.103. The molecule has 1 aromatic heterocycles. The van der Waals surface area contributed by atoms with Crippen molar-refractivity contribution in [3.05, 3.63) is 74.9 Å². The summed E-state index contributed by atoms with van der Waals surface area (Å²) in [6, 6.07) is 14.1. The molecule has 27 heavy (non-hydrogen) atoms. The molecule has 0 bridgehead atoms. The number of carbonyl (C=O) groups is 1. The molecule has 0 saturated heterocycles. The molecule has 0 atom stereocenters. The quantitative estimate of drug-likeness (QED) is 0.597. The lowest BCUT2D eigenvalue weighted by Gasteiger charge is -2.19. The maximum atomic E-state index is 12.9. The molecule has 0 aliphatic rings. The van der Waals surface area contributed by atoms with Gasteiger partial charge in [0.2, 0.25) is 0 Å². The predicted molar refractivity (Wildman–Crippen MR) is 111 cm³/mol. The first-order valence-electron chi connectivity index (χ1n) is 7.68. The smallest absolute Gasteiger partial charge is 0.267 e. The monoisotopic (exact) mass is 440 g/mol. The number of halogens is 2. The van der Waals surface area contributed by atoms with Crippen LogP contribution in [0.15, 0.2) is 64.9 Å². The molecule has 0 aliphatic heterocycles. The van der Waals surface area contributed by atoms with E-state index in [4.69, 9.17) is 23.2 Å². The summed E-state index contributed by atoms with van der Waals surface area (Å²) in [7, 11) is -2.42. The molecule has 5 nitrogen and oxygen atoms in total. The lowest BCUT2D eigenvalue weighted by Crippen LogP contribution is -2.28. The maximum absolute atomic E-state index is 12.9. The molecule has 1 amide bonds. The predicted octanol–water partition coefficient (Wildman–Crippen LogP) is 5.13. The normalized spacial score (nSPS) is 11.2. The van der Waals surface area contributed by atoms with Gasteiger partial charge in [-0.05, 0) is 60.0 Å². The highest BCUT2D eigenvalue weighted by atomic mass is 35.5. The molecule has 0 radical (unpaired) electrons. The van der Waals surface area contributed by atoms with E-state index in [0.29, 0.717) is 21.4 Å². The van der Waals surface area contributed by atoms with Gasteiger partial charge in [0, 0.05) is 22.8 Å². The second-order valence-corrected chi connectivity index (χ2v) is 9.28. The summed E-state index contributed by atoms with van der Waals surface area (Å²) in [5.41, 5.74) is 0.855. The Morgan fingerprint density at radius 3 is 2.11 bits per heavy atom. The van der Waals surface area contributed by atoms with Crippen LogP contribution in [0.3, 0.4) is 0 Å². The Morgan fingerprint density at radius 1 is 0.963 bits per heavy atom. The van der Waals surface area contributed by atoms with E-state index in [-0.39, 0.29) is 9.77 Å². The Hall–Kier alpha value is -2.06. The van der Waals surface area contributed by atoms with Gasteiger partial charge in [-0.3, -0.25) is 9.10 Å². The zero-order valence-corrected chi connectivity index (χ0v) is 17.2. The molecule has 9 heteroatoms. The van der Waals surface area contributed by atoms with Gasteiger partial charge in [-0.15, -0.1) is 11.3 Å². The number of sulfonamides is 1. The van der Waals surface area contributed by atoms with Crippen molar-refractivity contribution in [2.24, 2.45) is 0 Å². The first kappa shape index (κ1) is 19.7. The van der Waals surface area contributed by atoms with Crippen LogP contribution in [0.4, 0.5) is 11.4 Å². The summed E-state index contributed by atoms with van der Waals surface area (Å²) >= 11 is 12.8. The Morgan fingerprint density at radius 2 is 1.52 bits per heavy atom. The lowest BCUT2D eigenvalue weighted by atomic mass is 10.3. The Bertz CT molecular complexity index is 1060. The second-order valence-electron chi connectivity index (χ2n) is 5.52. The van der Waals surface area contributed by atoms with E-state index in [9.17, 15) is 13.2 Å². The van der Waals surface area contributed by atoms with Crippen LogP contribution >= 0.6 is 34.5 Å². The maximum Gasteiger partial charge on any atom is 0.267 e. The van der Waals surface area contributed by atoms with Crippen molar-refractivity contribution in [2.45, 2.75) is 4.90 Å². The Labute approximate surface area is 171 Å². The molecule has 3 rings (SSSR count). The van der Waals surface area contributed by atoms with Gasteiger partial charge < -0.3 is 5.32 Å². The fraction of sp³-hybridized carbons (Fsp3) is 0.0556. The van der Waals surface area contributed by atoms with Gasteiger partial charge in [0.05, 0.1) is 10.6 Å². The molecule has 0 unspecified atom stereocenters. The number of anilines is 2. The summed E-state index contributed by atoms with van der Waals surface area (Å²) < 4.78 is 26.8. The summed E-state index contributed by atoms with van der Waals surface area (Å²) in [5, 5.41) is 5.40. The topological polar surface area (TPSA) is 66.5 Å². The number of amides is 1. The van der Waals surface area contributed by atoms with Crippen LogP contribution in [-0.4, -0.2) is 21.4 Å². The highest BCUT2D eigenvalue weighted by Gasteiger charge is 2.26. The van der Waals surface area contributed by atoms with Crippen LogP contribution in [0, 0.1) is 0 Å². The molecular formula is C18H14Cl2N2O3S2. The molecule has 3 aromatic rings. The van der Waals surface area contributed by atoms with Gasteiger partial charge in [-0.1, -0.05) is 23.2 Å². The number of hydrogen-bond donors (Lipinski definition) is 1. The number of hydrogen-bond acceptors (Lipinski definition) is 4.